The maximum atomic E-state index is 12.2. The van der Waals surface area contributed by atoms with Crippen LogP contribution in [0.25, 0.3) is 17.4 Å². The normalized spacial score (nSPS) is 15.6. The number of likely N-dealkylation sites (N-methyl/N-ethyl adjacent to an activating group) is 1. The van der Waals surface area contributed by atoms with Gasteiger partial charge >= 0.3 is 0 Å². The molecule has 6 nitrogen and oxygen atoms in total. The van der Waals surface area contributed by atoms with Gasteiger partial charge in [0.15, 0.2) is 17.3 Å². The topological polar surface area (TPSA) is 61.1 Å². The molecule has 2 heterocycles. The zero-order valence-corrected chi connectivity index (χ0v) is 14.9. The number of carbonyl (C=O) groups is 1. The fourth-order valence-corrected chi connectivity index (χ4v) is 2.86. The van der Waals surface area contributed by atoms with Gasteiger partial charge in [0.2, 0.25) is 0 Å². The van der Waals surface area contributed by atoms with E-state index in [0.717, 1.165) is 5.56 Å². The van der Waals surface area contributed by atoms with Gasteiger partial charge in [-0.2, -0.15) is 0 Å². The average Bonchev–Trinajstić information content (AvgIpc) is 3.19. The van der Waals surface area contributed by atoms with Gasteiger partial charge in [-0.3, -0.25) is 9.69 Å². The van der Waals surface area contributed by atoms with Crippen LogP contribution < -0.4 is 9.47 Å². The lowest BCUT2D eigenvalue weighted by Gasteiger charge is -2.10. The average molecular weight is 359 g/mol. The van der Waals surface area contributed by atoms with E-state index in [1.807, 2.05) is 19.1 Å². The minimum Gasteiger partial charge on any atom is -0.493 e. The molecular formula is C18H17NO5S. The monoisotopic (exact) mass is 359 g/mol. The highest BCUT2D eigenvalue weighted by Crippen LogP contribution is 2.38. The van der Waals surface area contributed by atoms with E-state index in [4.69, 9.17) is 30.8 Å². The first-order valence-electron chi connectivity index (χ1n) is 7.65. The molecule has 2 aromatic rings. The van der Waals surface area contributed by atoms with E-state index >= 15 is 0 Å². The van der Waals surface area contributed by atoms with Crippen molar-refractivity contribution in [2.75, 3.05) is 20.8 Å². The van der Waals surface area contributed by atoms with Gasteiger partial charge < -0.3 is 18.6 Å². The second-order valence-corrected chi connectivity index (χ2v) is 5.52. The summed E-state index contributed by atoms with van der Waals surface area (Å²) >= 11 is 5.03. The third-order valence-corrected chi connectivity index (χ3v) is 4.06. The Morgan fingerprint density at radius 2 is 2.00 bits per heavy atom. The predicted octanol–water partition coefficient (Wildman–Crippen LogP) is 3.47. The molecule has 3 rings (SSSR count). The van der Waals surface area contributed by atoms with Crippen LogP contribution in [0.5, 0.6) is 11.5 Å². The third-order valence-electron chi connectivity index (χ3n) is 3.76. The minimum absolute atomic E-state index is 0.144. The highest BCUT2D eigenvalue weighted by molar-refractivity contribution is 7.80. The summed E-state index contributed by atoms with van der Waals surface area (Å²) in [5.41, 5.74) is 0.746. The molecule has 1 aliphatic heterocycles. The number of nitrogens with zero attached hydrogens (tertiary/aromatic N) is 1. The van der Waals surface area contributed by atoms with E-state index < -0.39 is 0 Å². The summed E-state index contributed by atoms with van der Waals surface area (Å²) < 4.78 is 21.9. The number of benzene rings is 1. The number of amides is 1. The third kappa shape index (κ3) is 3.10. The fourth-order valence-electron chi connectivity index (χ4n) is 2.56. The Labute approximate surface area is 150 Å². The summed E-state index contributed by atoms with van der Waals surface area (Å²) in [5.74, 6) is 2.11. The fraction of sp³-hybridized carbons (Fsp3) is 0.222. The van der Waals surface area contributed by atoms with E-state index in [1.165, 1.54) is 11.0 Å². The molecule has 25 heavy (non-hydrogen) atoms. The Kier molecular flexibility index (Phi) is 4.76. The number of rotatable bonds is 5. The van der Waals surface area contributed by atoms with E-state index in [2.05, 4.69) is 0 Å². The van der Waals surface area contributed by atoms with Crippen LogP contribution in [0.4, 0.5) is 0 Å². The smallest absolute Gasteiger partial charge is 0.297 e. The first kappa shape index (κ1) is 17.0. The van der Waals surface area contributed by atoms with Gasteiger partial charge in [0.1, 0.15) is 11.5 Å². The summed E-state index contributed by atoms with van der Waals surface area (Å²) in [5, 5.41) is 0.153. The number of ether oxygens (including phenoxy) is 3. The zero-order valence-electron chi connectivity index (χ0n) is 14.1. The Balaban J connectivity index is 1.93. The van der Waals surface area contributed by atoms with Crippen molar-refractivity contribution < 1.29 is 23.4 Å². The molecule has 130 valence electrons. The summed E-state index contributed by atoms with van der Waals surface area (Å²) in [6, 6.07) is 9.05. The number of para-hydroxylation sites is 1. The SMILES string of the molecule is CCN1C(=O)C(=Cc2ccc(-c3cccc(OC)c3OC)o2)OC1=S. The van der Waals surface area contributed by atoms with Crippen molar-refractivity contribution in [1.29, 1.82) is 0 Å². The molecule has 0 spiro atoms. The maximum Gasteiger partial charge on any atom is 0.297 e. The van der Waals surface area contributed by atoms with Crippen molar-refractivity contribution >= 4 is 29.4 Å². The van der Waals surface area contributed by atoms with Crippen molar-refractivity contribution in [1.82, 2.24) is 4.90 Å². The largest absolute Gasteiger partial charge is 0.493 e. The van der Waals surface area contributed by atoms with Gasteiger partial charge in [0.05, 0.1) is 19.8 Å². The molecule has 0 N–H and O–H groups in total. The lowest BCUT2D eigenvalue weighted by molar-refractivity contribution is -0.122. The minimum atomic E-state index is -0.274. The molecule has 1 aromatic heterocycles. The molecule has 0 bridgehead atoms. The maximum absolute atomic E-state index is 12.2. The number of methoxy groups -OCH3 is 2. The molecule has 1 saturated heterocycles. The molecular weight excluding hydrogens is 342 g/mol. The molecule has 1 amide bonds. The number of hydrogen-bond acceptors (Lipinski definition) is 6. The van der Waals surface area contributed by atoms with Gasteiger partial charge in [-0.25, -0.2) is 0 Å². The van der Waals surface area contributed by atoms with Crippen molar-refractivity contribution in [2.24, 2.45) is 0 Å². The van der Waals surface area contributed by atoms with Crippen LogP contribution in [-0.2, 0) is 9.53 Å². The van der Waals surface area contributed by atoms with Crippen molar-refractivity contribution in [3.05, 3.63) is 41.9 Å². The van der Waals surface area contributed by atoms with Gasteiger partial charge in [-0.05, 0) is 43.4 Å². The van der Waals surface area contributed by atoms with Crippen LogP contribution >= 0.6 is 12.2 Å². The second-order valence-electron chi connectivity index (χ2n) is 5.17. The second kappa shape index (κ2) is 6.98. The Hall–Kier alpha value is -2.80. The molecule has 1 fully saturated rings. The number of thiocarbonyl (C=S) groups is 1. The molecule has 0 aliphatic carbocycles. The van der Waals surface area contributed by atoms with E-state index in [-0.39, 0.29) is 16.8 Å². The van der Waals surface area contributed by atoms with Crippen molar-refractivity contribution in [2.45, 2.75) is 6.92 Å². The van der Waals surface area contributed by atoms with Gasteiger partial charge in [0.25, 0.3) is 11.1 Å². The molecule has 0 saturated carbocycles. The van der Waals surface area contributed by atoms with E-state index in [0.29, 0.717) is 29.6 Å². The van der Waals surface area contributed by atoms with Crippen LogP contribution in [0.2, 0.25) is 0 Å². The van der Waals surface area contributed by atoms with Gasteiger partial charge in [-0.15, -0.1) is 0 Å². The molecule has 0 unspecified atom stereocenters. The van der Waals surface area contributed by atoms with Crippen LogP contribution in [0.3, 0.4) is 0 Å². The molecule has 0 radical (unpaired) electrons. The van der Waals surface area contributed by atoms with E-state index in [1.54, 1.807) is 32.4 Å². The summed E-state index contributed by atoms with van der Waals surface area (Å²) in [6.07, 6.45) is 1.53. The molecule has 1 aromatic carbocycles. The van der Waals surface area contributed by atoms with Crippen LogP contribution in [0.1, 0.15) is 12.7 Å². The lowest BCUT2D eigenvalue weighted by Crippen LogP contribution is -2.27. The molecule has 0 atom stereocenters. The quantitative estimate of drug-likeness (QED) is 0.602. The standard InChI is InChI=1S/C18H17NO5S/c1-4-19-17(20)15(24-18(19)25)10-11-8-9-13(23-11)12-6-5-7-14(21-2)16(12)22-3/h5-10H,4H2,1-3H3. The summed E-state index contributed by atoms with van der Waals surface area (Å²) in [4.78, 5) is 13.6. The molecule has 1 aliphatic rings. The molecule has 7 heteroatoms. The number of carbonyl (C=O) groups excluding carboxylic acids is 1. The number of hydrogen-bond donors (Lipinski definition) is 0. The number of furan rings is 1. The van der Waals surface area contributed by atoms with Crippen molar-refractivity contribution in [3.8, 4) is 22.8 Å². The van der Waals surface area contributed by atoms with Crippen molar-refractivity contribution in [3.63, 3.8) is 0 Å². The zero-order chi connectivity index (χ0) is 18.0. The van der Waals surface area contributed by atoms with Crippen LogP contribution in [0.15, 0.2) is 40.5 Å². The van der Waals surface area contributed by atoms with Gasteiger partial charge in [-0.1, -0.05) is 6.07 Å². The van der Waals surface area contributed by atoms with Crippen LogP contribution in [-0.4, -0.2) is 36.7 Å². The summed E-state index contributed by atoms with van der Waals surface area (Å²) in [6.45, 7) is 2.29. The first-order chi connectivity index (χ1) is 12.1. The highest BCUT2D eigenvalue weighted by atomic mass is 32.1. The predicted molar refractivity (Wildman–Crippen MR) is 96.3 cm³/mol. The van der Waals surface area contributed by atoms with Crippen LogP contribution in [0, 0.1) is 0 Å². The van der Waals surface area contributed by atoms with E-state index in [9.17, 15) is 4.79 Å². The summed E-state index contributed by atoms with van der Waals surface area (Å²) in [7, 11) is 3.14. The highest BCUT2D eigenvalue weighted by Gasteiger charge is 2.32. The Bertz CT molecular complexity index is 855. The Morgan fingerprint density at radius 1 is 1.20 bits per heavy atom. The first-order valence-corrected chi connectivity index (χ1v) is 8.06. The van der Waals surface area contributed by atoms with Gasteiger partial charge in [0, 0.05) is 12.6 Å². The Morgan fingerprint density at radius 3 is 2.64 bits per heavy atom. The lowest BCUT2D eigenvalue weighted by atomic mass is 10.1.